The van der Waals surface area contributed by atoms with Crippen molar-refractivity contribution in [2.45, 2.75) is 0 Å². The van der Waals surface area contributed by atoms with E-state index in [1.807, 2.05) is 0 Å². The molecule has 0 aromatic heterocycles. The molecule has 1 rings (SSSR count). The third-order valence-corrected chi connectivity index (χ3v) is 2.00. The van der Waals surface area contributed by atoms with E-state index in [0.717, 1.165) is 19.4 Å². The van der Waals surface area contributed by atoms with Crippen molar-refractivity contribution in [2.75, 3.05) is 12.4 Å². The standard InChI is InChI=1S/C12H8FN3O2/c1-18-12(17)10-4-9(2-3-11(10)13)16-7-8(5-14)6-15/h2-4,7,16H,1H3. The molecular formula is C12H8FN3O2. The number of methoxy groups -OCH3 is 1. The van der Waals surface area contributed by atoms with Gasteiger partial charge in [0.05, 0.1) is 12.7 Å². The van der Waals surface area contributed by atoms with Crippen LogP contribution >= 0.6 is 0 Å². The van der Waals surface area contributed by atoms with E-state index in [0.29, 0.717) is 5.69 Å². The molecule has 0 spiro atoms. The first kappa shape index (κ1) is 13.2. The number of esters is 1. The quantitative estimate of drug-likeness (QED) is 0.649. The molecule has 0 aliphatic heterocycles. The van der Waals surface area contributed by atoms with E-state index in [-0.39, 0.29) is 11.1 Å². The van der Waals surface area contributed by atoms with Crippen molar-refractivity contribution >= 4 is 11.7 Å². The number of carbonyl (C=O) groups excluding carboxylic acids is 1. The predicted octanol–water partition coefficient (Wildman–Crippen LogP) is 1.96. The van der Waals surface area contributed by atoms with Gasteiger partial charge in [0.15, 0.2) is 0 Å². The Morgan fingerprint density at radius 1 is 1.44 bits per heavy atom. The molecule has 90 valence electrons. The summed E-state index contributed by atoms with van der Waals surface area (Å²) in [6, 6.07) is 6.98. The van der Waals surface area contributed by atoms with Gasteiger partial charge in [-0.25, -0.2) is 9.18 Å². The highest BCUT2D eigenvalue weighted by Crippen LogP contribution is 2.16. The lowest BCUT2D eigenvalue weighted by atomic mass is 10.2. The summed E-state index contributed by atoms with van der Waals surface area (Å²) in [7, 11) is 1.14. The normalized spacial score (nSPS) is 8.67. The Kier molecular flexibility index (Phi) is 4.42. The number of rotatable bonds is 3. The fourth-order valence-corrected chi connectivity index (χ4v) is 1.13. The van der Waals surface area contributed by atoms with Crippen molar-refractivity contribution in [3.8, 4) is 12.1 Å². The summed E-state index contributed by atoms with van der Waals surface area (Å²) >= 11 is 0. The second kappa shape index (κ2) is 6.02. The molecule has 0 amide bonds. The van der Waals surface area contributed by atoms with Crippen LogP contribution in [0.5, 0.6) is 0 Å². The van der Waals surface area contributed by atoms with E-state index in [1.165, 1.54) is 12.1 Å². The zero-order valence-corrected chi connectivity index (χ0v) is 9.40. The number of benzene rings is 1. The fraction of sp³-hybridized carbons (Fsp3) is 0.0833. The molecule has 1 aromatic rings. The number of ether oxygens (including phenoxy) is 1. The minimum Gasteiger partial charge on any atom is -0.465 e. The van der Waals surface area contributed by atoms with Gasteiger partial charge in [-0.2, -0.15) is 10.5 Å². The maximum absolute atomic E-state index is 13.3. The smallest absolute Gasteiger partial charge is 0.340 e. The third-order valence-electron chi connectivity index (χ3n) is 2.00. The van der Waals surface area contributed by atoms with Gasteiger partial charge in [0.2, 0.25) is 0 Å². The highest BCUT2D eigenvalue weighted by Gasteiger charge is 2.12. The van der Waals surface area contributed by atoms with Crippen LogP contribution in [0.3, 0.4) is 0 Å². The number of halogens is 1. The molecule has 0 heterocycles. The van der Waals surface area contributed by atoms with Gasteiger partial charge in [0.1, 0.15) is 23.5 Å². The highest BCUT2D eigenvalue weighted by atomic mass is 19.1. The maximum Gasteiger partial charge on any atom is 0.340 e. The Morgan fingerprint density at radius 3 is 2.67 bits per heavy atom. The van der Waals surface area contributed by atoms with Crippen LogP contribution in [-0.4, -0.2) is 13.1 Å². The summed E-state index contributed by atoms with van der Waals surface area (Å²) in [4.78, 5) is 11.2. The lowest BCUT2D eigenvalue weighted by Gasteiger charge is -2.05. The van der Waals surface area contributed by atoms with Crippen LogP contribution in [0.2, 0.25) is 0 Å². The van der Waals surface area contributed by atoms with E-state index in [4.69, 9.17) is 10.5 Å². The zero-order valence-electron chi connectivity index (χ0n) is 9.40. The van der Waals surface area contributed by atoms with Crippen LogP contribution in [0, 0.1) is 28.5 Å². The molecule has 0 saturated carbocycles. The molecule has 0 unspecified atom stereocenters. The highest BCUT2D eigenvalue weighted by molar-refractivity contribution is 5.90. The van der Waals surface area contributed by atoms with Gasteiger partial charge in [-0.1, -0.05) is 0 Å². The molecule has 0 radical (unpaired) electrons. The summed E-state index contributed by atoms with van der Waals surface area (Å²) in [6.07, 6.45) is 1.16. The van der Waals surface area contributed by atoms with Gasteiger partial charge in [-0.15, -0.1) is 0 Å². The van der Waals surface area contributed by atoms with Gasteiger partial charge >= 0.3 is 5.97 Å². The minimum absolute atomic E-state index is 0.140. The van der Waals surface area contributed by atoms with Gasteiger partial charge in [0, 0.05) is 11.9 Å². The first-order chi connectivity index (χ1) is 8.62. The molecule has 0 fully saturated rings. The Balaban J connectivity index is 3.01. The Labute approximate surface area is 103 Å². The lowest BCUT2D eigenvalue weighted by Crippen LogP contribution is -2.05. The van der Waals surface area contributed by atoms with Crippen molar-refractivity contribution in [3.63, 3.8) is 0 Å². The number of allylic oxidation sites excluding steroid dienone is 1. The van der Waals surface area contributed by atoms with Crippen molar-refractivity contribution in [1.29, 1.82) is 10.5 Å². The van der Waals surface area contributed by atoms with Gasteiger partial charge in [-0.3, -0.25) is 0 Å². The van der Waals surface area contributed by atoms with Crippen molar-refractivity contribution < 1.29 is 13.9 Å². The number of anilines is 1. The summed E-state index contributed by atoms with van der Waals surface area (Å²) in [5, 5.41) is 19.6. The van der Waals surface area contributed by atoms with Crippen LogP contribution in [0.1, 0.15) is 10.4 Å². The number of nitrogens with zero attached hydrogens (tertiary/aromatic N) is 2. The van der Waals surface area contributed by atoms with E-state index in [2.05, 4.69) is 10.1 Å². The molecule has 5 nitrogen and oxygen atoms in total. The largest absolute Gasteiger partial charge is 0.465 e. The average Bonchev–Trinajstić information content (AvgIpc) is 2.40. The van der Waals surface area contributed by atoms with E-state index in [9.17, 15) is 9.18 Å². The van der Waals surface area contributed by atoms with Crippen LogP contribution in [-0.2, 0) is 4.74 Å². The fourth-order valence-electron chi connectivity index (χ4n) is 1.13. The van der Waals surface area contributed by atoms with Crippen molar-refractivity contribution in [3.05, 3.63) is 41.4 Å². The first-order valence-corrected chi connectivity index (χ1v) is 4.77. The summed E-state index contributed by atoms with van der Waals surface area (Å²) in [5.41, 5.74) is -0.00916. The van der Waals surface area contributed by atoms with Crippen LogP contribution in [0.15, 0.2) is 30.0 Å². The second-order valence-corrected chi connectivity index (χ2v) is 3.11. The number of hydrogen-bond acceptors (Lipinski definition) is 5. The molecule has 1 aromatic carbocycles. The molecular weight excluding hydrogens is 237 g/mol. The molecule has 0 aliphatic carbocycles. The monoisotopic (exact) mass is 245 g/mol. The Hall–Kier alpha value is -2.86. The van der Waals surface area contributed by atoms with Gasteiger partial charge in [0.25, 0.3) is 0 Å². The third kappa shape index (κ3) is 3.06. The summed E-state index contributed by atoms with van der Waals surface area (Å²) < 4.78 is 17.7. The Morgan fingerprint density at radius 2 is 2.11 bits per heavy atom. The van der Waals surface area contributed by atoms with Crippen molar-refractivity contribution in [1.82, 2.24) is 0 Å². The van der Waals surface area contributed by atoms with Crippen LogP contribution in [0.25, 0.3) is 0 Å². The van der Waals surface area contributed by atoms with Gasteiger partial charge in [-0.05, 0) is 18.2 Å². The molecule has 0 bridgehead atoms. The number of hydrogen-bond donors (Lipinski definition) is 1. The van der Waals surface area contributed by atoms with Gasteiger partial charge < -0.3 is 10.1 Å². The topological polar surface area (TPSA) is 85.9 Å². The molecule has 0 atom stereocenters. The van der Waals surface area contributed by atoms with Crippen LogP contribution in [0.4, 0.5) is 10.1 Å². The number of carbonyl (C=O) groups is 1. The summed E-state index contributed by atoms with van der Waals surface area (Å²) in [6.45, 7) is 0. The molecule has 0 saturated heterocycles. The van der Waals surface area contributed by atoms with Crippen molar-refractivity contribution in [2.24, 2.45) is 0 Å². The lowest BCUT2D eigenvalue weighted by molar-refractivity contribution is 0.0595. The summed E-state index contributed by atoms with van der Waals surface area (Å²) in [5.74, 6) is -1.52. The molecule has 0 aliphatic rings. The molecule has 18 heavy (non-hydrogen) atoms. The SMILES string of the molecule is COC(=O)c1cc(NC=C(C#N)C#N)ccc1F. The predicted molar refractivity (Wildman–Crippen MR) is 60.7 cm³/mol. The average molecular weight is 245 g/mol. The molecule has 1 N–H and O–H groups in total. The number of nitrogens with one attached hydrogen (secondary N) is 1. The van der Waals surface area contributed by atoms with E-state index in [1.54, 1.807) is 12.1 Å². The first-order valence-electron chi connectivity index (χ1n) is 4.77. The number of nitriles is 2. The van der Waals surface area contributed by atoms with E-state index >= 15 is 0 Å². The second-order valence-electron chi connectivity index (χ2n) is 3.11. The van der Waals surface area contributed by atoms with E-state index < -0.39 is 11.8 Å². The van der Waals surface area contributed by atoms with Crippen LogP contribution < -0.4 is 5.32 Å². The molecule has 6 heteroatoms. The minimum atomic E-state index is -0.805. The maximum atomic E-state index is 13.3. The Bertz CT molecular complexity index is 566. The zero-order chi connectivity index (χ0) is 13.5.